The van der Waals surface area contributed by atoms with E-state index < -0.39 is 6.17 Å². The van der Waals surface area contributed by atoms with Crippen molar-refractivity contribution in [3.8, 4) is 0 Å². The Morgan fingerprint density at radius 2 is 2.33 bits per heavy atom. The van der Waals surface area contributed by atoms with E-state index in [1.165, 1.54) is 6.08 Å². The van der Waals surface area contributed by atoms with E-state index in [2.05, 4.69) is 5.32 Å². The molecule has 1 rings (SSSR count). The van der Waals surface area contributed by atoms with Crippen molar-refractivity contribution in [1.82, 2.24) is 5.32 Å². The lowest BCUT2D eigenvalue weighted by Gasteiger charge is -2.05. The van der Waals surface area contributed by atoms with E-state index in [4.69, 9.17) is 0 Å². The molecule has 0 aromatic carbocycles. The molecule has 0 spiro atoms. The second-order valence-electron chi connectivity index (χ2n) is 1.64. The van der Waals surface area contributed by atoms with E-state index in [1.807, 2.05) is 0 Å². The zero-order valence-electron chi connectivity index (χ0n) is 4.65. The molecule has 9 heavy (non-hydrogen) atoms. The van der Waals surface area contributed by atoms with Gasteiger partial charge in [-0.25, -0.2) is 0 Å². The van der Waals surface area contributed by atoms with Crippen LogP contribution in [0.15, 0.2) is 24.4 Å². The lowest BCUT2D eigenvalue weighted by molar-refractivity contribution is -0.514. The van der Waals surface area contributed by atoms with Crippen LogP contribution in [0.1, 0.15) is 0 Å². The molecular formula is C5H6N2O2. The van der Waals surface area contributed by atoms with Crippen LogP contribution in [0.3, 0.4) is 0 Å². The third kappa shape index (κ3) is 1.28. The summed E-state index contributed by atoms with van der Waals surface area (Å²) in [6.07, 6.45) is 5.65. The van der Waals surface area contributed by atoms with Gasteiger partial charge in [0.1, 0.15) is 0 Å². The number of hydrogen-bond acceptors (Lipinski definition) is 3. The zero-order chi connectivity index (χ0) is 6.69. The molecule has 1 N–H and O–H groups in total. The Morgan fingerprint density at radius 1 is 1.56 bits per heavy atom. The van der Waals surface area contributed by atoms with E-state index >= 15 is 0 Å². The number of rotatable bonds is 1. The van der Waals surface area contributed by atoms with Crippen LogP contribution in [0.5, 0.6) is 0 Å². The van der Waals surface area contributed by atoms with Crippen molar-refractivity contribution in [2.24, 2.45) is 0 Å². The molecule has 1 aliphatic heterocycles. The second kappa shape index (κ2) is 2.30. The summed E-state index contributed by atoms with van der Waals surface area (Å²) in [5.41, 5.74) is 0. The molecule has 0 amide bonds. The number of dihydropyridines is 1. The van der Waals surface area contributed by atoms with Gasteiger partial charge in [0.25, 0.3) is 0 Å². The highest BCUT2D eigenvalue weighted by molar-refractivity contribution is 5.09. The van der Waals surface area contributed by atoms with Crippen molar-refractivity contribution in [1.29, 1.82) is 0 Å². The van der Waals surface area contributed by atoms with Crippen LogP contribution in [0.25, 0.3) is 0 Å². The van der Waals surface area contributed by atoms with Gasteiger partial charge in [-0.1, -0.05) is 6.08 Å². The molecule has 1 atom stereocenters. The molecule has 0 fully saturated rings. The molecule has 0 bridgehead atoms. The van der Waals surface area contributed by atoms with Crippen LogP contribution in [-0.2, 0) is 0 Å². The fourth-order valence-electron chi connectivity index (χ4n) is 0.566. The van der Waals surface area contributed by atoms with Crippen molar-refractivity contribution in [3.05, 3.63) is 34.5 Å². The smallest absolute Gasteiger partial charge is 0.303 e. The van der Waals surface area contributed by atoms with Gasteiger partial charge in [-0.05, 0) is 6.08 Å². The lowest BCUT2D eigenvalue weighted by atomic mass is 10.3. The summed E-state index contributed by atoms with van der Waals surface area (Å²) in [6, 6.07) is 0. The van der Waals surface area contributed by atoms with Crippen molar-refractivity contribution >= 4 is 0 Å². The lowest BCUT2D eigenvalue weighted by Crippen LogP contribution is -2.31. The standard InChI is InChI=1S/C5H6N2O2/c8-7(9)5-3-1-2-4-6-5/h1-6H. The Morgan fingerprint density at radius 3 is 2.67 bits per heavy atom. The molecule has 0 saturated heterocycles. The number of nitrogens with one attached hydrogen (secondary N) is 1. The van der Waals surface area contributed by atoms with Crippen molar-refractivity contribution in [2.75, 3.05) is 0 Å². The van der Waals surface area contributed by atoms with Crippen LogP contribution in [-0.4, -0.2) is 11.1 Å². The minimum absolute atomic E-state index is 0.389. The van der Waals surface area contributed by atoms with Gasteiger partial charge in [0, 0.05) is 17.2 Å². The van der Waals surface area contributed by atoms with Crippen LogP contribution >= 0.6 is 0 Å². The summed E-state index contributed by atoms with van der Waals surface area (Å²) in [7, 11) is 0. The van der Waals surface area contributed by atoms with Crippen molar-refractivity contribution < 1.29 is 4.92 Å². The average molecular weight is 126 g/mol. The molecule has 1 aliphatic rings. The van der Waals surface area contributed by atoms with Gasteiger partial charge >= 0.3 is 6.17 Å². The highest BCUT2D eigenvalue weighted by atomic mass is 16.6. The summed E-state index contributed by atoms with van der Waals surface area (Å²) in [4.78, 5) is 9.62. The molecule has 0 aliphatic carbocycles. The number of hydrogen-bond donors (Lipinski definition) is 1. The summed E-state index contributed by atoms with van der Waals surface area (Å²) in [5, 5.41) is 12.6. The Bertz CT molecular complexity index is 174. The maximum absolute atomic E-state index is 10.0. The Balaban J connectivity index is 2.56. The van der Waals surface area contributed by atoms with Gasteiger partial charge in [-0.15, -0.1) is 0 Å². The first-order chi connectivity index (χ1) is 4.30. The molecule has 4 heteroatoms. The molecule has 0 aromatic rings. The van der Waals surface area contributed by atoms with E-state index in [0.717, 1.165) is 0 Å². The van der Waals surface area contributed by atoms with E-state index in [1.54, 1.807) is 18.4 Å². The van der Waals surface area contributed by atoms with Gasteiger partial charge in [-0.3, -0.25) is 10.1 Å². The first kappa shape index (κ1) is 5.81. The number of allylic oxidation sites excluding steroid dienone is 2. The summed E-state index contributed by atoms with van der Waals surface area (Å²) >= 11 is 0. The maximum atomic E-state index is 10.0. The molecule has 4 nitrogen and oxygen atoms in total. The largest absolute Gasteiger partial charge is 0.327 e. The van der Waals surface area contributed by atoms with Gasteiger partial charge in [0.2, 0.25) is 0 Å². The second-order valence-corrected chi connectivity index (χ2v) is 1.64. The third-order valence-electron chi connectivity index (χ3n) is 0.995. The van der Waals surface area contributed by atoms with E-state index in [0.29, 0.717) is 0 Å². The Kier molecular flexibility index (Phi) is 1.48. The van der Waals surface area contributed by atoms with Crippen LogP contribution < -0.4 is 5.32 Å². The SMILES string of the molecule is O=[N+]([O-])C1C=CC=CN1. The van der Waals surface area contributed by atoms with Gasteiger partial charge in [0.15, 0.2) is 0 Å². The highest BCUT2D eigenvalue weighted by Crippen LogP contribution is 1.93. The van der Waals surface area contributed by atoms with E-state index in [9.17, 15) is 10.1 Å². The monoisotopic (exact) mass is 126 g/mol. The molecule has 1 unspecified atom stereocenters. The fourth-order valence-corrected chi connectivity index (χ4v) is 0.566. The fraction of sp³-hybridized carbons (Fsp3) is 0.200. The highest BCUT2D eigenvalue weighted by Gasteiger charge is 2.12. The van der Waals surface area contributed by atoms with Crippen molar-refractivity contribution in [3.63, 3.8) is 0 Å². The quantitative estimate of drug-likeness (QED) is 0.405. The van der Waals surface area contributed by atoms with Crippen molar-refractivity contribution in [2.45, 2.75) is 6.17 Å². The predicted molar refractivity (Wildman–Crippen MR) is 32.2 cm³/mol. The summed E-state index contributed by atoms with van der Waals surface area (Å²) < 4.78 is 0. The first-order valence-electron chi connectivity index (χ1n) is 2.53. The molecule has 0 saturated carbocycles. The van der Waals surface area contributed by atoms with E-state index in [-0.39, 0.29) is 4.92 Å². The third-order valence-corrected chi connectivity index (χ3v) is 0.995. The molecule has 1 heterocycles. The predicted octanol–water partition coefficient (Wildman–Crippen LogP) is 0.262. The number of nitrogens with zero attached hydrogens (tertiary/aromatic N) is 1. The van der Waals surface area contributed by atoms with Crippen LogP contribution in [0.4, 0.5) is 0 Å². The van der Waals surface area contributed by atoms with Crippen LogP contribution in [0.2, 0.25) is 0 Å². The van der Waals surface area contributed by atoms with Gasteiger partial charge in [0.05, 0.1) is 0 Å². The molecule has 0 radical (unpaired) electrons. The molecule has 0 aromatic heterocycles. The minimum atomic E-state index is -0.741. The Labute approximate surface area is 52.0 Å². The normalized spacial score (nSPS) is 23.3. The summed E-state index contributed by atoms with van der Waals surface area (Å²) in [5.74, 6) is 0. The Hall–Kier alpha value is -1.32. The topological polar surface area (TPSA) is 55.2 Å². The summed E-state index contributed by atoms with van der Waals surface area (Å²) in [6.45, 7) is 0. The zero-order valence-corrected chi connectivity index (χ0v) is 4.65. The minimum Gasteiger partial charge on any atom is -0.327 e. The molecular weight excluding hydrogens is 120 g/mol. The first-order valence-corrected chi connectivity index (χ1v) is 2.53. The average Bonchev–Trinajstić information content (AvgIpc) is 1.90. The van der Waals surface area contributed by atoms with Crippen LogP contribution in [0, 0.1) is 10.1 Å². The maximum Gasteiger partial charge on any atom is 0.303 e. The van der Waals surface area contributed by atoms with Gasteiger partial charge < -0.3 is 5.32 Å². The van der Waals surface area contributed by atoms with Gasteiger partial charge in [-0.2, -0.15) is 0 Å². The molecule has 48 valence electrons. The number of nitro groups is 1.